The van der Waals surface area contributed by atoms with E-state index in [0.29, 0.717) is 28.8 Å². The molecule has 1 saturated heterocycles. The van der Waals surface area contributed by atoms with Gasteiger partial charge in [-0.2, -0.15) is 0 Å². The lowest BCUT2D eigenvalue weighted by Gasteiger charge is -2.37. The van der Waals surface area contributed by atoms with Crippen LogP contribution < -0.4 is 4.90 Å². The molecule has 0 N–H and O–H groups in total. The van der Waals surface area contributed by atoms with Crippen LogP contribution in [0.25, 0.3) is 5.57 Å². The van der Waals surface area contributed by atoms with E-state index in [4.69, 9.17) is 0 Å². The zero-order chi connectivity index (χ0) is 22.4. The van der Waals surface area contributed by atoms with Crippen LogP contribution in [0.2, 0.25) is 0 Å². The molecule has 2 unspecified atom stereocenters. The number of rotatable bonds is 3. The average Bonchev–Trinajstić information content (AvgIpc) is 2.96. The Hall–Kier alpha value is -2.88. The molecule has 2 aliphatic heterocycles. The maximum Gasteiger partial charge on any atom is 0.282 e. The first-order valence-corrected chi connectivity index (χ1v) is 11.2. The molecule has 2 aromatic rings. The summed E-state index contributed by atoms with van der Waals surface area (Å²) in [6, 6.07) is 11.8. The molecule has 4 rings (SSSR count). The smallest absolute Gasteiger partial charge is 0.282 e. The Bertz CT molecular complexity index is 1090. The van der Waals surface area contributed by atoms with E-state index in [2.05, 4.69) is 25.7 Å². The Morgan fingerprint density at radius 2 is 1.32 bits per heavy atom. The second-order valence-corrected chi connectivity index (χ2v) is 9.59. The van der Waals surface area contributed by atoms with Crippen molar-refractivity contribution in [2.75, 3.05) is 18.0 Å². The van der Waals surface area contributed by atoms with Gasteiger partial charge >= 0.3 is 0 Å². The lowest BCUT2D eigenvalue weighted by molar-refractivity contribution is -0.120. The summed E-state index contributed by atoms with van der Waals surface area (Å²) >= 11 is 0. The highest BCUT2D eigenvalue weighted by atomic mass is 16.2. The maximum absolute atomic E-state index is 13.8. The molecule has 4 heteroatoms. The topological polar surface area (TPSA) is 40.6 Å². The van der Waals surface area contributed by atoms with E-state index in [9.17, 15) is 9.59 Å². The molecule has 2 aromatic carbocycles. The van der Waals surface area contributed by atoms with E-state index >= 15 is 0 Å². The third-order valence-corrected chi connectivity index (χ3v) is 6.79. The van der Waals surface area contributed by atoms with Gasteiger partial charge in [0.25, 0.3) is 11.8 Å². The molecule has 4 nitrogen and oxygen atoms in total. The van der Waals surface area contributed by atoms with Gasteiger partial charge in [0.15, 0.2) is 0 Å². The summed E-state index contributed by atoms with van der Waals surface area (Å²) in [5.74, 6) is 0.534. The van der Waals surface area contributed by atoms with Crippen molar-refractivity contribution in [2.45, 2.75) is 48.0 Å². The number of anilines is 1. The van der Waals surface area contributed by atoms with Gasteiger partial charge in [-0.25, -0.2) is 4.90 Å². The van der Waals surface area contributed by atoms with Crippen molar-refractivity contribution in [3.05, 3.63) is 69.9 Å². The van der Waals surface area contributed by atoms with E-state index < -0.39 is 0 Å². The van der Waals surface area contributed by atoms with Crippen LogP contribution in [-0.2, 0) is 9.59 Å². The minimum Gasteiger partial charge on any atom is -0.366 e. The van der Waals surface area contributed by atoms with Gasteiger partial charge in [-0.1, -0.05) is 38.1 Å². The lowest BCUT2D eigenvalue weighted by atomic mass is 9.90. The number of likely N-dealkylation sites (tertiary alicyclic amines) is 1. The quantitative estimate of drug-likeness (QED) is 0.647. The van der Waals surface area contributed by atoms with Crippen molar-refractivity contribution in [1.82, 2.24) is 4.90 Å². The molecule has 31 heavy (non-hydrogen) atoms. The number of benzene rings is 2. The maximum atomic E-state index is 13.8. The first-order chi connectivity index (χ1) is 14.7. The van der Waals surface area contributed by atoms with Gasteiger partial charge in [-0.3, -0.25) is 9.59 Å². The third kappa shape index (κ3) is 3.80. The molecule has 0 radical (unpaired) electrons. The van der Waals surface area contributed by atoms with E-state index in [1.807, 2.05) is 57.2 Å². The van der Waals surface area contributed by atoms with Gasteiger partial charge < -0.3 is 4.90 Å². The summed E-state index contributed by atoms with van der Waals surface area (Å²) in [5.41, 5.74) is 7.07. The molecule has 1 fully saturated rings. The van der Waals surface area contributed by atoms with E-state index in [-0.39, 0.29) is 11.8 Å². The summed E-state index contributed by atoms with van der Waals surface area (Å²) in [7, 11) is 0. The summed E-state index contributed by atoms with van der Waals surface area (Å²) < 4.78 is 0. The molecule has 2 atom stereocenters. The van der Waals surface area contributed by atoms with E-state index in [1.54, 1.807) is 0 Å². The van der Waals surface area contributed by atoms with Crippen LogP contribution in [0.1, 0.15) is 48.1 Å². The number of amides is 2. The van der Waals surface area contributed by atoms with Gasteiger partial charge in [0.05, 0.1) is 11.3 Å². The highest BCUT2D eigenvalue weighted by Crippen LogP contribution is 2.38. The standard InChI is InChI=1S/C27H32N2O2/c1-16-11-17(2)15-28(14-16)25-24(22-9-7-18(3)20(5)12-22)26(30)29(27(25)31)23-10-8-19(4)21(6)13-23/h7-10,12-13,16-17H,11,14-15H2,1-6H3. The molecule has 0 bridgehead atoms. The van der Waals surface area contributed by atoms with Crippen LogP contribution in [-0.4, -0.2) is 29.8 Å². The van der Waals surface area contributed by atoms with Crippen molar-refractivity contribution < 1.29 is 9.59 Å². The van der Waals surface area contributed by atoms with Crippen molar-refractivity contribution >= 4 is 23.1 Å². The Balaban J connectivity index is 1.86. The zero-order valence-electron chi connectivity index (χ0n) is 19.5. The molecule has 0 saturated carbocycles. The van der Waals surface area contributed by atoms with Gasteiger partial charge in [0.1, 0.15) is 5.70 Å². The highest BCUT2D eigenvalue weighted by molar-refractivity contribution is 6.45. The fourth-order valence-electron chi connectivity index (χ4n) is 4.91. The monoisotopic (exact) mass is 416 g/mol. The minimum atomic E-state index is -0.225. The van der Waals surface area contributed by atoms with Crippen LogP contribution in [0.5, 0.6) is 0 Å². The highest BCUT2D eigenvalue weighted by Gasteiger charge is 2.43. The average molecular weight is 417 g/mol. The van der Waals surface area contributed by atoms with Crippen LogP contribution in [0.15, 0.2) is 42.1 Å². The molecule has 162 valence electrons. The van der Waals surface area contributed by atoms with Crippen molar-refractivity contribution in [2.24, 2.45) is 11.8 Å². The molecule has 0 aromatic heterocycles. The van der Waals surface area contributed by atoms with Gasteiger partial charge in [0, 0.05) is 13.1 Å². The second-order valence-electron chi connectivity index (χ2n) is 9.59. The number of carbonyl (C=O) groups excluding carboxylic acids is 2. The summed E-state index contributed by atoms with van der Waals surface area (Å²) in [4.78, 5) is 31.0. The van der Waals surface area contributed by atoms with E-state index in [0.717, 1.165) is 41.8 Å². The van der Waals surface area contributed by atoms with Crippen molar-refractivity contribution in [3.8, 4) is 0 Å². The van der Waals surface area contributed by atoms with Crippen molar-refractivity contribution in [1.29, 1.82) is 0 Å². The third-order valence-electron chi connectivity index (χ3n) is 6.79. The first kappa shape index (κ1) is 21.4. The van der Waals surface area contributed by atoms with Crippen LogP contribution in [0.4, 0.5) is 5.69 Å². The molecular formula is C27H32N2O2. The van der Waals surface area contributed by atoms with Crippen molar-refractivity contribution in [3.63, 3.8) is 0 Å². The Kier molecular flexibility index (Phi) is 5.50. The SMILES string of the molecule is Cc1ccc(C2=C(N3CC(C)CC(C)C3)C(=O)N(c3ccc(C)c(C)c3)C2=O)cc1C. The predicted octanol–water partition coefficient (Wildman–Crippen LogP) is 5.18. The van der Waals surface area contributed by atoms with Gasteiger partial charge in [0.2, 0.25) is 0 Å². The Morgan fingerprint density at radius 1 is 0.742 bits per heavy atom. The number of piperidine rings is 1. The minimum absolute atomic E-state index is 0.206. The lowest BCUT2D eigenvalue weighted by Crippen LogP contribution is -2.42. The Labute approximate surface area is 185 Å². The van der Waals surface area contributed by atoms with Crippen LogP contribution in [0.3, 0.4) is 0 Å². The van der Waals surface area contributed by atoms with Crippen LogP contribution >= 0.6 is 0 Å². The molecule has 0 aliphatic carbocycles. The number of imide groups is 1. The number of carbonyl (C=O) groups is 2. The second kappa shape index (κ2) is 7.99. The predicted molar refractivity (Wildman–Crippen MR) is 126 cm³/mol. The number of aryl methyl sites for hydroxylation is 4. The fourth-order valence-corrected chi connectivity index (χ4v) is 4.91. The molecule has 2 aliphatic rings. The largest absolute Gasteiger partial charge is 0.366 e. The Morgan fingerprint density at radius 3 is 1.90 bits per heavy atom. The first-order valence-electron chi connectivity index (χ1n) is 11.2. The fraction of sp³-hybridized carbons (Fsp3) is 0.407. The number of nitrogens with zero attached hydrogens (tertiary/aromatic N) is 2. The van der Waals surface area contributed by atoms with Gasteiger partial charge in [-0.05, 0) is 85.9 Å². The number of hydrogen-bond acceptors (Lipinski definition) is 3. The zero-order valence-corrected chi connectivity index (χ0v) is 19.5. The summed E-state index contributed by atoms with van der Waals surface area (Å²) in [6.45, 7) is 14.2. The molecule has 2 heterocycles. The van der Waals surface area contributed by atoms with E-state index in [1.165, 1.54) is 10.5 Å². The van der Waals surface area contributed by atoms with Crippen LogP contribution in [0, 0.1) is 39.5 Å². The normalized spacial score (nSPS) is 22.0. The number of hydrogen-bond donors (Lipinski definition) is 0. The summed E-state index contributed by atoms with van der Waals surface area (Å²) in [6.07, 6.45) is 1.14. The molecule has 2 amide bonds. The van der Waals surface area contributed by atoms with Gasteiger partial charge in [-0.15, -0.1) is 0 Å². The summed E-state index contributed by atoms with van der Waals surface area (Å²) in [5, 5.41) is 0. The molecule has 0 spiro atoms. The molecular weight excluding hydrogens is 384 g/mol.